The van der Waals surface area contributed by atoms with Gasteiger partial charge in [0.05, 0.1) is 42.8 Å². The molecule has 1 fully saturated rings. The van der Waals surface area contributed by atoms with Gasteiger partial charge in [-0.2, -0.15) is 0 Å². The number of nitrogens with zero attached hydrogens (tertiary/aromatic N) is 3. The third-order valence-electron chi connectivity index (χ3n) is 8.18. The molecular weight excluding hydrogens is 577 g/mol. The molecule has 12 heteroatoms. The Bertz CT molecular complexity index is 1500. The van der Waals surface area contributed by atoms with E-state index in [1.54, 1.807) is 32.4 Å². The largest absolute Gasteiger partial charge is 0.497 e. The van der Waals surface area contributed by atoms with Crippen LogP contribution in [0, 0.1) is 5.82 Å². The summed E-state index contributed by atoms with van der Waals surface area (Å²) < 4.78 is 24.6. The Morgan fingerprint density at radius 1 is 1.19 bits per heavy atom. The van der Waals surface area contributed by atoms with Gasteiger partial charge in [0.2, 0.25) is 11.9 Å². The van der Waals surface area contributed by atoms with Crippen LogP contribution >= 0.6 is 11.6 Å². The number of benzene rings is 2. The first-order valence-corrected chi connectivity index (χ1v) is 14.6. The van der Waals surface area contributed by atoms with Crippen molar-refractivity contribution in [2.24, 2.45) is 0 Å². The van der Waals surface area contributed by atoms with Crippen molar-refractivity contribution in [1.82, 2.24) is 20.2 Å². The molecule has 1 aliphatic heterocycles. The van der Waals surface area contributed by atoms with Crippen LogP contribution in [0.4, 0.5) is 10.3 Å². The number of anilines is 1. The third-order valence-corrected chi connectivity index (χ3v) is 8.45. The van der Waals surface area contributed by atoms with Crippen molar-refractivity contribution in [2.75, 3.05) is 26.1 Å². The van der Waals surface area contributed by atoms with E-state index < -0.39 is 30.4 Å². The van der Waals surface area contributed by atoms with Crippen molar-refractivity contribution in [3.8, 4) is 17.0 Å². The molecule has 0 bridgehead atoms. The highest BCUT2D eigenvalue weighted by Gasteiger charge is 2.35. The highest BCUT2D eigenvalue weighted by Crippen LogP contribution is 2.33. The lowest BCUT2D eigenvalue weighted by molar-refractivity contribution is -0.126. The van der Waals surface area contributed by atoms with Gasteiger partial charge in [-0.05, 0) is 61.9 Å². The van der Waals surface area contributed by atoms with Crippen LogP contribution in [0.2, 0.25) is 5.02 Å². The molecule has 43 heavy (non-hydrogen) atoms. The molecule has 0 saturated heterocycles. The summed E-state index contributed by atoms with van der Waals surface area (Å²) in [7, 11) is 3.14. The van der Waals surface area contributed by atoms with E-state index >= 15 is 0 Å². The van der Waals surface area contributed by atoms with Crippen LogP contribution in [-0.2, 0) is 16.1 Å². The molecule has 2 aliphatic rings. The van der Waals surface area contributed by atoms with Crippen molar-refractivity contribution in [1.29, 1.82) is 0 Å². The Labute approximate surface area is 254 Å². The van der Waals surface area contributed by atoms with Crippen LogP contribution < -0.4 is 15.4 Å². The highest BCUT2D eigenvalue weighted by molar-refractivity contribution is 6.33. The summed E-state index contributed by atoms with van der Waals surface area (Å²) in [5.74, 6) is -0.633. The number of aliphatic hydroxyl groups is 1. The van der Waals surface area contributed by atoms with Gasteiger partial charge in [0.1, 0.15) is 17.6 Å². The zero-order valence-corrected chi connectivity index (χ0v) is 25.0. The Hall–Kier alpha value is -3.80. The van der Waals surface area contributed by atoms with Crippen molar-refractivity contribution < 1.29 is 28.6 Å². The molecule has 0 radical (unpaired) electrons. The monoisotopic (exact) mass is 611 g/mol. The first kappa shape index (κ1) is 30.7. The van der Waals surface area contributed by atoms with Gasteiger partial charge < -0.3 is 30.1 Å². The van der Waals surface area contributed by atoms with Crippen LogP contribution in [0.3, 0.4) is 0 Å². The van der Waals surface area contributed by atoms with Crippen LogP contribution in [0.5, 0.6) is 5.75 Å². The molecule has 3 aromatic rings. The number of hydrogen-bond acceptors (Lipinski definition) is 8. The quantitative estimate of drug-likeness (QED) is 0.306. The minimum Gasteiger partial charge on any atom is -0.497 e. The Morgan fingerprint density at radius 2 is 1.95 bits per heavy atom. The van der Waals surface area contributed by atoms with E-state index in [-0.39, 0.29) is 30.3 Å². The molecule has 228 valence electrons. The molecule has 3 N–H and O–H groups in total. The fourth-order valence-electron chi connectivity index (χ4n) is 5.62. The summed E-state index contributed by atoms with van der Waals surface area (Å²) in [5.41, 5.74) is 2.72. The maximum Gasteiger partial charge on any atom is 0.255 e. The van der Waals surface area contributed by atoms with E-state index in [9.17, 15) is 19.1 Å². The summed E-state index contributed by atoms with van der Waals surface area (Å²) >= 11 is 6.49. The van der Waals surface area contributed by atoms with Gasteiger partial charge in [-0.3, -0.25) is 9.59 Å². The fourth-order valence-corrected chi connectivity index (χ4v) is 5.82. The SMILES string of the molecule is COc1cc(F)cc([C@@H](CO)NC(=O)[C@@H](C)N2Cc3ccc(-c4nc(N[C@H]5CC[C@H](OC)CC5)ncc4Cl)cc3C2=O)c1. The second kappa shape index (κ2) is 13.2. The van der Waals surface area contributed by atoms with Gasteiger partial charge in [-0.15, -0.1) is 0 Å². The van der Waals surface area contributed by atoms with E-state index in [1.165, 1.54) is 24.1 Å². The molecule has 1 saturated carbocycles. The van der Waals surface area contributed by atoms with Crippen molar-refractivity contribution in [2.45, 2.75) is 63.4 Å². The van der Waals surface area contributed by atoms with Crippen molar-refractivity contribution in [3.63, 3.8) is 0 Å². The number of carbonyl (C=O) groups excluding carboxylic acids is 2. The van der Waals surface area contributed by atoms with Gasteiger partial charge in [0, 0.05) is 36.9 Å². The first-order valence-electron chi connectivity index (χ1n) is 14.2. The number of ether oxygens (including phenoxy) is 2. The normalized spacial score (nSPS) is 19.5. The number of rotatable bonds is 10. The Morgan fingerprint density at radius 3 is 2.65 bits per heavy atom. The van der Waals surface area contributed by atoms with Gasteiger partial charge in [0.25, 0.3) is 5.91 Å². The minimum atomic E-state index is -0.885. The predicted molar refractivity (Wildman–Crippen MR) is 159 cm³/mol. The molecule has 10 nitrogen and oxygen atoms in total. The first-order chi connectivity index (χ1) is 20.7. The molecule has 0 unspecified atom stereocenters. The molecule has 2 atom stereocenters. The standard InChI is InChI=1S/C31H35ClFN5O5/c1-17(29(40)36-27(16-39)20-10-21(33)13-24(11-20)43-3)38-15-19-5-4-18(12-25(19)30(38)41)28-26(32)14-34-31(37-28)35-22-6-8-23(42-2)9-7-22/h4-5,10-14,17,22-23,27,39H,6-9,15-16H2,1-3H3,(H,36,40)(H,34,35,37)/t17-,22-,23-,27-/m1/s1. The maximum absolute atomic E-state index is 14.0. The molecular formula is C31H35ClFN5O5. The second-order valence-electron chi connectivity index (χ2n) is 10.9. The number of halogens is 2. The maximum atomic E-state index is 14.0. The molecule has 2 heterocycles. The average Bonchev–Trinajstić information content (AvgIpc) is 3.35. The van der Waals surface area contributed by atoms with Gasteiger partial charge in [-0.25, -0.2) is 14.4 Å². The number of fused-ring (bicyclic) bond motifs is 1. The average molecular weight is 612 g/mol. The number of carbonyl (C=O) groups is 2. The van der Waals surface area contributed by atoms with E-state index in [2.05, 4.69) is 20.6 Å². The number of hydrogen-bond donors (Lipinski definition) is 3. The topological polar surface area (TPSA) is 126 Å². The third kappa shape index (κ3) is 6.74. The minimum absolute atomic E-state index is 0.231. The Kier molecular flexibility index (Phi) is 9.43. The summed E-state index contributed by atoms with van der Waals surface area (Å²) in [6.07, 6.45) is 5.66. The zero-order valence-electron chi connectivity index (χ0n) is 24.3. The summed E-state index contributed by atoms with van der Waals surface area (Å²) in [4.78, 5) is 37.2. The van der Waals surface area contributed by atoms with Crippen molar-refractivity contribution >= 4 is 29.4 Å². The molecule has 5 rings (SSSR count). The smallest absolute Gasteiger partial charge is 0.255 e. The summed E-state index contributed by atoms with van der Waals surface area (Å²) in [6, 6.07) is 7.87. The molecule has 1 aliphatic carbocycles. The summed E-state index contributed by atoms with van der Waals surface area (Å²) in [5, 5.41) is 16.4. The fraction of sp³-hybridized carbons (Fsp3) is 0.419. The van der Waals surface area contributed by atoms with Crippen LogP contribution in [0.15, 0.2) is 42.6 Å². The molecule has 2 aromatic carbocycles. The lowest BCUT2D eigenvalue weighted by Crippen LogP contribution is -2.46. The number of methoxy groups -OCH3 is 2. The second-order valence-corrected chi connectivity index (χ2v) is 11.3. The molecule has 2 amide bonds. The van der Waals surface area contributed by atoms with Gasteiger partial charge in [0.15, 0.2) is 0 Å². The van der Waals surface area contributed by atoms with Crippen LogP contribution in [0.1, 0.15) is 60.1 Å². The Balaban J connectivity index is 1.29. The highest BCUT2D eigenvalue weighted by atomic mass is 35.5. The molecule has 0 spiro atoms. The van der Waals surface area contributed by atoms with E-state index in [1.807, 2.05) is 12.1 Å². The number of amides is 2. The number of aliphatic hydroxyl groups excluding tert-OH is 1. The summed E-state index contributed by atoms with van der Waals surface area (Å²) in [6.45, 7) is 1.38. The van der Waals surface area contributed by atoms with Gasteiger partial charge >= 0.3 is 0 Å². The lowest BCUT2D eigenvalue weighted by Gasteiger charge is -2.28. The zero-order chi connectivity index (χ0) is 30.7. The van der Waals surface area contributed by atoms with Gasteiger partial charge in [-0.1, -0.05) is 23.7 Å². The van der Waals surface area contributed by atoms with E-state index in [0.717, 1.165) is 31.2 Å². The van der Waals surface area contributed by atoms with Crippen LogP contribution in [-0.4, -0.2) is 70.8 Å². The molecule has 1 aromatic heterocycles. The predicted octanol–water partition coefficient (Wildman–Crippen LogP) is 4.51. The lowest BCUT2D eigenvalue weighted by atomic mass is 9.93. The van der Waals surface area contributed by atoms with E-state index in [0.29, 0.717) is 33.4 Å². The van der Waals surface area contributed by atoms with Crippen LogP contribution in [0.25, 0.3) is 11.3 Å². The number of nitrogens with one attached hydrogen (secondary N) is 2. The van der Waals surface area contributed by atoms with E-state index in [4.69, 9.17) is 21.1 Å². The number of aromatic nitrogens is 2. The van der Waals surface area contributed by atoms with Crippen molar-refractivity contribution in [3.05, 3.63) is 70.1 Å².